The number of imidazole rings is 1. The molecule has 1 aromatic carbocycles. The molecule has 3 N–H and O–H groups in total. The van der Waals surface area contributed by atoms with Crippen molar-refractivity contribution < 1.29 is 9.84 Å². The van der Waals surface area contributed by atoms with Crippen molar-refractivity contribution in [2.24, 2.45) is 5.92 Å². The zero-order chi connectivity index (χ0) is 20.5. The fraction of sp³-hybridized carbons (Fsp3) is 0.500. The van der Waals surface area contributed by atoms with Crippen LogP contribution in [-0.2, 0) is 13.1 Å². The molecule has 0 spiro atoms. The van der Waals surface area contributed by atoms with Gasteiger partial charge in [0.05, 0.1) is 13.2 Å². The molecule has 1 saturated heterocycles. The third kappa shape index (κ3) is 3.92. The molecule has 158 valence electrons. The van der Waals surface area contributed by atoms with Gasteiger partial charge >= 0.3 is 6.01 Å². The number of hydrogen-bond acceptors (Lipinski definition) is 7. The van der Waals surface area contributed by atoms with E-state index in [0.29, 0.717) is 30.2 Å². The highest BCUT2D eigenvalue weighted by Crippen LogP contribution is 2.29. The third-order valence-corrected chi connectivity index (χ3v) is 6.19. The maximum atomic E-state index is 10.5. The molecule has 1 aliphatic heterocycles. The second kappa shape index (κ2) is 8.10. The molecule has 1 aliphatic carbocycles. The molecule has 2 aliphatic rings. The summed E-state index contributed by atoms with van der Waals surface area (Å²) < 4.78 is 7.44. The fourth-order valence-corrected chi connectivity index (χ4v) is 4.26. The Balaban J connectivity index is 1.39. The standard InChI is InChI=1S/C22H28N6O2/c23-19-18-20(26-21(25-19)30-14-15-5-3-6-15)28(22(29)24-18)13-17-8-4-7-16(11-17)12-27-9-1-2-10-27/h4,7-8,11,15H,1-3,5-6,9-10,12-14H2,(H,24,29)(H2,23,25,26). The van der Waals surface area contributed by atoms with E-state index < -0.39 is 0 Å². The molecule has 30 heavy (non-hydrogen) atoms. The van der Waals surface area contributed by atoms with Crippen molar-refractivity contribution >= 4 is 17.0 Å². The number of nitrogen functional groups attached to an aromatic ring is 1. The van der Waals surface area contributed by atoms with Crippen LogP contribution in [0.15, 0.2) is 24.3 Å². The lowest BCUT2D eigenvalue weighted by molar-refractivity contribution is 0.170. The van der Waals surface area contributed by atoms with Gasteiger partial charge < -0.3 is 15.6 Å². The van der Waals surface area contributed by atoms with Crippen molar-refractivity contribution in [3.8, 4) is 12.0 Å². The number of ether oxygens (including phenoxy) is 1. The fourth-order valence-electron chi connectivity index (χ4n) is 4.26. The minimum absolute atomic E-state index is 0.118. The summed E-state index contributed by atoms with van der Waals surface area (Å²) in [6, 6.07) is 8.58. The summed E-state index contributed by atoms with van der Waals surface area (Å²) in [7, 11) is 0. The second-order valence-corrected chi connectivity index (χ2v) is 8.47. The molecule has 0 radical (unpaired) electrons. The SMILES string of the molecule is Nc1nc(OCC2CCC2)nc2c1nc(O)n2Cc1cccc(CN2CCCC2)c1. The summed E-state index contributed by atoms with van der Waals surface area (Å²) in [5, 5.41) is 10.5. The molecular weight excluding hydrogens is 380 g/mol. The van der Waals surface area contributed by atoms with Crippen LogP contribution < -0.4 is 10.5 Å². The topological polar surface area (TPSA) is 102 Å². The molecule has 8 heteroatoms. The predicted molar refractivity (Wildman–Crippen MR) is 114 cm³/mol. The summed E-state index contributed by atoms with van der Waals surface area (Å²) >= 11 is 0. The highest BCUT2D eigenvalue weighted by molar-refractivity contribution is 5.83. The van der Waals surface area contributed by atoms with Gasteiger partial charge in [0, 0.05) is 6.54 Å². The number of nitrogens with two attached hydrogens (primary N) is 1. The highest BCUT2D eigenvalue weighted by atomic mass is 16.5. The van der Waals surface area contributed by atoms with Gasteiger partial charge in [-0.1, -0.05) is 30.7 Å². The zero-order valence-corrected chi connectivity index (χ0v) is 17.1. The molecule has 8 nitrogen and oxygen atoms in total. The lowest BCUT2D eigenvalue weighted by Gasteiger charge is -2.24. The predicted octanol–water partition coefficient (Wildman–Crippen LogP) is 2.94. The quantitative estimate of drug-likeness (QED) is 0.620. The van der Waals surface area contributed by atoms with Gasteiger partial charge in [-0.2, -0.15) is 15.0 Å². The Hall–Kier alpha value is -2.87. The number of fused-ring (bicyclic) bond motifs is 1. The maximum absolute atomic E-state index is 10.5. The van der Waals surface area contributed by atoms with E-state index in [2.05, 4.69) is 44.1 Å². The van der Waals surface area contributed by atoms with Crippen molar-refractivity contribution in [3.05, 3.63) is 35.4 Å². The van der Waals surface area contributed by atoms with Crippen LogP contribution in [-0.4, -0.2) is 49.2 Å². The van der Waals surface area contributed by atoms with Gasteiger partial charge in [-0.3, -0.25) is 9.47 Å². The lowest BCUT2D eigenvalue weighted by atomic mass is 9.86. The van der Waals surface area contributed by atoms with Gasteiger partial charge in [0.2, 0.25) is 0 Å². The van der Waals surface area contributed by atoms with E-state index in [-0.39, 0.29) is 17.8 Å². The van der Waals surface area contributed by atoms with Crippen LogP contribution in [0.2, 0.25) is 0 Å². The molecule has 5 rings (SSSR count). The maximum Gasteiger partial charge on any atom is 0.320 e. The van der Waals surface area contributed by atoms with E-state index in [1.54, 1.807) is 4.57 Å². The van der Waals surface area contributed by atoms with E-state index in [9.17, 15) is 5.11 Å². The van der Waals surface area contributed by atoms with Crippen molar-refractivity contribution in [1.82, 2.24) is 24.4 Å². The molecule has 0 bridgehead atoms. The van der Waals surface area contributed by atoms with Crippen molar-refractivity contribution in [1.29, 1.82) is 0 Å². The average molecular weight is 409 g/mol. The molecule has 0 unspecified atom stereocenters. The second-order valence-electron chi connectivity index (χ2n) is 8.47. The Morgan fingerprint density at radius 2 is 1.80 bits per heavy atom. The van der Waals surface area contributed by atoms with Crippen LogP contribution in [0.1, 0.15) is 43.2 Å². The molecule has 3 aromatic rings. The molecular formula is C22H28N6O2. The average Bonchev–Trinajstić information content (AvgIpc) is 3.30. The van der Waals surface area contributed by atoms with Gasteiger partial charge in [0.25, 0.3) is 6.01 Å². The summed E-state index contributed by atoms with van der Waals surface area (Å²) in [5.74, 6) is 0.794. The number of rotatable bonds is 7. The van der Waals surface area contributed by atoms with Crippen molar-refractivity contribution in [3.63, 3.8) is 0 Å². The van der Waals surface area contributed by atoms with Gasteiger partial charge in [0.15, 0.2) is 17.0 Å². The van der Waals surface area contributed by atoms with Gasteiger partial charge in [-0.25, -0.2) is 0 Å². The summed E-state index contributed by atoms with van der Waals surface area (Å²) in [6.07, 6.45) is 6.18. The Morgan fingerprint density at radius 3 is 2.53 bits per heavy atom. The zero-order valence-electron chi connectivity index (χ0n) is 17.1. The molecule has 3 heterocycles. The van der Waals surface area contributed by atoms with E-state index in [4.69, 9.17) is 10.5 Å². The molecule has 1 saturated carbocycles. The number of anilines is 1. The lowest BCUT2D eigenvalue weighted by Crippen LogP contribution is -2.20. The number of hydrogen-bond donors (Lipinski definition) is 2. The third-order valence-electron chi connectivity index (χ3n) is 6.19. The minimum Gasteiger partial charge on any atom is -0.480 e. The summed E-state index contributed by atoms with van der Waals surface area (Å²) in [4.78, 5) is 15.4. The smallest absolute Gasteiger partial charge is 0.320 e. The van der Waals surface area contributed by atoms with E-state index in [1.807, 2.05) is 0 Å². The van der Waals surface area contributed by atoms with E-state index in [1.165, 1.54) is 37.7 Å². The monoisotopic (exact) mass is 408 g/mol. The first-order chi connectivity index (χ1) is 14.7. The number of benzene rings is 1. The number of nitrogens with zero attached hydrogens (tertiary/aromatic N) is 5. The van der Waals surface area contributed by atoms with Crippen molar-refractivity contribution in [2.75, 3.05) is 25.4 Å². The molecule has 0 amide bonds. The largest absolute Gasteiger partial charge is 0.480 e. The van der Waals surface area contributed by atoms with Crippen LogP contribution in [0.4, 0.5) is 5.82 Å². The van der Waals surface area contributed by atoms with Crippen molar-refractivity contribution in [2.45, 2.75) is 45.2 Å². The molecule has 2 fully saturated rings. The highest BCUT2D eigenvalue weighted by Gasteiger charge is 2.21. The number of likely N-dealkylation sites (tertiary alicyclic amines) is 1. The Kier molecular flexibility index (Phi) is 5.16. The van der Waals surface area contributed by atoms with Gasteiger partial charge in [-0.15, -0.1) is 0 Å². The molecule has 2 aromatic heterocycles. The summed E-state index contributed by atoms with van der Waals surface area (Å²) in [5.41, 5.74) is 9.33. The Labute approximate surface area is 175 Å². The Bertz CT molecular complexity index is 1040. The first-order valence-corrected chi connectivity index (χ1v) is 10.8. The normalized spacial score (nSPS) is 17.5. The van der Waals surface area contributed by atoms with Crippen LogP contribution >= 0.6 is 0 Å². The first-order valence-electron chi connectivity index (χ1n) is 10.8. The molecule has 0 atom stereocenters. The number of aromatic nitrogens is 4. The van der Waals surface area contributed by atoms with E-state index in [0.717, 1.165) is 25.2 Å². The van der Waals surface area contributed by atoms with Gasteiger partial charge in [-0.05, 0) is 55.8 Å². The minimum atomic E-state index is -0.118. The van der Waals surface area contributed by atoms with Crippen LogP contribution in [0.5, 0.6) is 12.0 Å². The van der Waals surface area contributed by atoms with Crippen LogP contribution in [0, 0.1) is 5.92 Å². The van der Waals surface area contributed by atoms with E-state index >= 15 is 0 Å². The Morgan fingerprint density at radius 1 is 1.03 bits per heavy atom. The van der Waals surface area contributed by atoms with Gasteiger partial charge in [0.1, 0.15) is 0 Å². The van der Waals surface area contributed by atoms with Crippen LogP contribution in [0.3, 0.4) is 0 Å². The number of aromatic hydroxyl groups is 1. The first kappa shape index (κ1) is 19.1. The van der Waals surface area contributed by atoms with Crippen LogP contribution in [0.25, 0.3) is 11.2 Å². The summed E-state index contributed by atoms with van der Waals surface area (Å²) in [6.45, 7) is 4.34.